The maximum Gasteiger partial charge on any atom is 0.251 e. The Labute approximate surface area is 111 Å². The van der Waals surface area contributed by atoms with Crippen LogP contribution in [0, 0.1) is 0 Å². The van der Waals surface area contributed by atoms with Gasteiger partial charge in [0.1, 0.15) is 0 Å². The van der Waals surface area contributed by atoms with Crippen LogP contribution < -0.4 is 5.32 Å². The van der Waals surface area contributed by atoms with E-state index in [9.17, 15) is 9.90 Å². The van der Waals surface area contributed by atoms with Crippen LogP contribution in [-0.4, -0.2) is 33.4 Å². The number of aromatic nitrogens is 2. The molecule has 1 aromatic heterocycles. The zero-order valence-corrected chi connectivity index (χ0v) is 10.6. The number of rotatable bonds is 2. The third kappa shape index (κ3) is 2.46. The van der Waals surface area contributed by atoms with Crippen molar-refractivity contribution >= 4 is 16.8 Å². The Bertz CT molecular complexity index is 593. The van der Waals surface area contributed by atoms with Gasteiger partial charge >= 0.3 is 0 Å². The van der Waals surface area contributed by atoms with Crippen LogP contribution in [0.3, 0.4) is 0 Å². The van der Waals surface area contributed by atoms with Gasteiger partial charge in [-0.05, 0) is 31.0 Å². The summed E-state index contributed by atoms with van der Waals surface area (Å²) in [5.74, 6) is -0.131. The number of fused-ring (bicyclic) bond motifs is 1. The number of benzene rings is 1. The third-order valence-corrected chi connectivity index (χ3v) is 3.75. The molecule has 1 fully saturated rings. The fourth-order valence-electron chi connectivity index (χ4n) is 2.62. The first kappa shape index (κ1) is 12.2. The predicted molar refractivity (Wildman–Crippen MR) is 71.8 cm³/mol. The number of aliphatic hydroxyl groups is 1. The van der Waals surface area contributed by atoms with E-state index in [4.69, 9.17) is 0 Å². The first-order valence-corrected chi connectivity index (χ1v) is 6.66. The highest BCUT2D eigenvalue weighted by Gasteiger charge is 2.24. The van der Waals surface area contributed by atoms with Crippen molar-refractivity contribution in [2.24, 2.45) is 0 Å². The van der Waals surface area contributed by atoms with Gasteiger partial charge in [0.05, 0.1) is 23.9 Å². The molecule has 5 heteroatoms. The number of carbonyl (C=O) groups excluding carboxylic acids is 1. The van der Waals surface area contributed by atoms with Crippen LogP contribution >= 0.6 is 0 Å². The molecule has 100 valence electrons. The number of aromatic amines is 1. The fourth-order valence-corrected chi connectivity index (χ4v) is 2.62. The maximum absolute atomic E-state index is 12.2. The average molecular weight is 259 g/mol. The van der Waals surface area contributed by atoms with Crippen molar-refractivity contribution in [3.63, 3.8) is 0 Å². The second-order valence-electron chi connectivity index (χ2n) is 5.10. The van der Waals surface area contributed by atoms with E-state index in [2.05, 4.69) is 15.5 Å². The highest BCUT2D eigenvalue weighted by molar-refractivity contribution is 5.98. The van der Waals surface area contributed by atoms with Crippen molar-refractivity contribution in [1.29, 1.82) is 0 Å². The van der Waals surface area contributed by atoms with Crippen LogP contribution in [0.1, 0.15) is 36.0 Å². The Morgan fingerprint density at radius 3 is 3.05 bits per heavy atom. The summed E-state index contributed by atoms with van der Waals surface area (Å²) in [6, 6.07) is 5.30. The van der Waals surface area contributed by atoms with E-state index in [1.165, 1.54) is 0 Å². The van der Waals surface area contributed by atoms with E-state index in [0.29, 0.717) is 5.56 Å². The van der Waals surface area contributed by atoms with Gasteiger partial charge in [-0.15, -0.1) is 0 Å². The SMILES string of the molecule is O=C(NC1CCCCC1O)c1ccc2[nH]ncc2c1. The van der Waals surface area contributed by atoms with Gasteiger partial charge in [-0.25, -0.2) is 0 Å². The van der Waals surface area contributed by atoms with Gasteiger partial charge in [-0.1, -0.05) is 12.8 Å². The topological polar surface area (TPSA) is 78.0 Å². The minimum absolute atomic E-state index is 0.124. The first-order valence-electron chi connectivity index (χ1n) is 6.66. The Hall–Kier alpha value is -1.88. The molecule has 2 atom stereocenters. The predicted octanol–water partition coefficient (Wildman–Crippen LogP) is 1.60. The minimum Gasteiger partial charge on any atom is -0.391 e. The molecule has 0 bridgehead atoms. The lowest BCUT2D eigenvalue weighted by molar-refractivity contribution is 0.0717. The average Bonchev–Trinajstić information content (AvgIpc) is 2.88. The normalized spacial score (nSPS) is 23.4. The number of hydrogen-bond acceptors (Lipinski definition) is 3. The van der Waals surface area contributed by atoms with Gasteiger partial charge in [0.25, 0.3) is 5.91 Å². The highest BCUT2D eigenvalue weighted by atomic mass is 16.3. The van der Waals surface area contributed by atoms with Gasteiger partial charge < -0.3 is 10.4 Å². The molecule has 0 aliphatic heterocycles. The number of carbonyl (C=O) groups is 1. The van der Waals surface area contributed by atoms with Crippen molar-refractivity contribution in [2.75, 3.05) is 0 Å². The van der Waals surface area contributed by atoms with Crippen molar-refractivity contribution in [1.82, 2.24) is 15.5 Å². The minimum atomic E-state index is -0.421. The van der Waals surface area contributed by atoms with Crippen LogP contribution in [0.2, 0.25) is 0 Å². The fraction of sp³-hybridized carbons (Fsp3) is 0.429. The van der Waals surface area contributed by atoms with Crippen molar-refractivity contribution in [3.05, 3.63) is 30.0 Å². The molecule has 0 spiro atoms. The molecule has 1 heterocycles. The number of H-pyrrole nitrogens is 1. The summed E-state index contributed by atoms with van der Waals surface area (Å²) >= 11 is 0. The Balaban J connectivity index is 1.75. The maximum atomic E-state index is 12.2. The lowest BCUT2D eigenvalue weighted by Gasteiger charge is -2.28. The molecule has 1 aliphatic carbocycles. The van der Waals surface area contributed by atoms with Crippen LogP contribution in [0.15, 0.2) is 24.4 Å². The number of nitrogens with one attached hydrogen (secondary N) is 2. The number of hydrogen-bond donors (Lipinski definition) is 3. The summed E-state index contributed by atoms with van der Waals surface area (Å²) in [6.45, 7) is 0. The molecule has 3 N–H and O–H groups in total. The van der Waals surface area contributed by atoms with Crippen LogP contribution in [0.25, 0.3) is 10.9 Å². The molecular weight excluding hydrogens is 242 g/mol. The second kappa shape index (κ2) is 5.01. The van der Waals surface area contributed by atoms with Gasteiger partial charge in [0.2, 0.25) is 0 Å². The van der Waals surface area contributed by atoms with Crippen LogP contribution in [0.4, 0.5) is 0 Å². The van der Waals surface area contributed by atoms with Crippen LogP contribution in [0.5, 0.6) is 0 Å². The number of amides is 1. The summed E-state index contributed by atoms with van der Waals surface area (Å²) in [6.07, 6.45) is 4.99. The zero-order chi connectivity index (χ0) is 13.2. The largest absolute Gasteiger partial charge is 0.391 e. The second-order valence-corrected chi connectivity index (χ2v) is 5.10. The Morgan fingerprint density at radius 1 is 1.37 bits per heavy atom. The molecule has 1 amide bonds. The molecule has 1 saturated carbocycles. The smallest absolute Gasteiger partial charge is 0.251 e. The first-order chi connectivity index (χ1) is 9.24. The quantitative estimate of drug-likeness (QED) is 0.766. The summed E-state index contributed by atoms with van der Waals surface area (Å²) in [5, 5.41) is 20.5. The summed E-state index contributed by atoms with van der Waals surface area (Å²) in [5.41, 5.74) is 1.51. The Kier molecular flexibility index (Phi) is 3.21. The molecule has 1 aromatic carbocycles. The van der Waals surface area contributed by atoms with Gasteiger partial charge in [0, 0.05) is 10.9 Å². The lowest BCUT2D eigenvalue weighted by Crippen LogP contribution is -2.45. The molecule has 2 unspecified atom stereocenters. The summed E-state index contributed by atoms with van der Waals surface area (Å²) in [7, 11) is 0. The van der Waals surface area contributed by atoms with Crippen molar-refractivity contribution in [2.45, 2.75) is 37.8 Å². The summed E-state index contributed by atoms with van der Waals surface area (Å²) < 4.78 is 0. The van der Waals surface area contributed by atoms with E-state index in [1.54, 1.807) is 12.3 Å². The molecule has 0 saturated heterocycles. The molecule has 0 radical (unpaired) electrons. The van der Waals surface area contributed by atoms with E-state index in [-0.39, 0.29) is 11.9 Å². The summed E-state index contributed by atoms with van der Waals surface area (Å²) in [4.78, 5) is 12.2. The molecule has 19 heavy (non-hydrogen) atoms. The van der Waals surface area contributed by atoms with E-state index in [0.717, 1.165) is 36.6 Å². The van der Waals surface area contributed by atoms with E-state index < -0.39 is 6.10 Å². The van der Waals surface area contributed by atoms with Crippen molar-refractivity contribution in [3.8, 4) is 0 Å². The van der Waals surface area contributed by atoms with Crippen LogP contribution in [-0.2, 0) is 0 Å². The molecule has 1 aliphatic rings. The van der Waals surface area contributed by atoms with Gasteiger partial charge in [-0.2, -0.15) is 5.10 Å². The molecule has 3 rings (SSSR count). The third-order valence-electron chi connectivity index (χ3n) is 3.75. The molecule has 2 aromatic rings. The Morgan fingerprint density at radius 2 is 2.21 bits per heavy atom. The number of nitrogens with zero attached hydrogens (tertiary/aromatic N) is 1. The lowest BCUT2D eigenvalue weighted by atomic mass is 9.92. The molecule has 5 nitrogen and oxygen atoms in total. The number of aliphatic hydroxyl groups excluding tert-OH is 1. The molecular formula is C14H17N3O2. The standard InChI is InChI=1S/C14H17N3O2/c18-13-4-2-1-3-12(13)16-14(19)9-5-6-11-10(7-9)8-15-17-11/h5-8,12-13,18H,1-4H2,(H,15,17)(H,16,19). The van der Waals surface area contributed by atoms with Crippen molar-refractivity contribution < 1.29 is 9.90 Å². The highest BCUT2D eigenvalue weighted by Crippen LogP contribution is 2.19. The van der Waals surface area contributed by atoms with E-state index >= 15 is 0 Å². The van der Waals surface area contributed by atoms with Gasteiger partial charge in [-0.3, -0.25) is 9.89 Å². The monoisotopic (exact) mass is 259 g/mol. The van der Waals surface area contributed by atoms with Gasteiger partial charge in [0.15, 0.2) is 0 Å². The zero-order valence-electron chi connectivity index (χ0n) is 10.6. The van der Waals surface area contributed by atoms with E-state index in [1.807, 2.05) is 12.1 Å².